The zero-order chi connectivity index (χ0) is 21.0. The van der Waals surface area contributed by atoms with Gasteiger partial charge in [-0.3, -0.25) is 0 Å². The van der Waals surface area contributed by atoms with Crippen LogP contribution in [0.3, 0.4) is 0 Å². The lowest BCUT2D eigenvalue weighted by atomic mass is 10.0. The molecule has 7 heteroatoms. The zero-order valence-corrected chi connectivity index (χ0v) is 17.2. The first-order valence-electron chi connectivity index (χ1n) is 9.78. The summed E-state index contributed by atoms with van der Waals surface area (Å²) < 4.78 is 27.3. The molecule has 2 N–H and O–H groups in total. The van der Waals surface area contributed by atoms with Gasteiger partial charge in [0.2, 0.25) is 10.0 Å². The minimum absolute atomic E-state index is 0.285. The second kappa shape index (κ2) is 8.69. The molecule has 30 heavy (non-hydrogen) atoms. The second-order valence-corrected chi connectivity index (χ2v) is 9.12. The van der Waals surface area contributed by atoms with Gasteiger partial charge in [-0.05, 0) is 47.4 Å². The molecule has 0 atom stereocenters. The number of nitrogens with zero attached hydrogens (tertiary/aromatic N) is 1. The Labute approximate surface area is 176 Å². The molecule has 0 unspecified atom stereocenters. The van der Waals surface area contributed by atoms with Crippen LogP contribution in [-0.2, 0) is 29.5 Å². The average Bonchev–Trinajstić information content (AvgIpc) is 2.78. The van der Waals surface area contributed by atoms with Crippen LogP contribution >= 0.6 is 0 Å². The van der Waals surface area contributed by atoms with Crippen molar-refractivity contribution in [2.24, 2.45) is 0 Å². The number of sulfonamides is 1. The van der Waals surface area contributed by atoms with Gasteiger partial charge in [-0.2, -0.15) is 4.31 Å². The van der Waals surface area contributed by atoms with E-state index in [0.29, 0.717) is 30.1 Å². The summed E-state index contributed by atoms with van der Waals surface area (Å²) in [5.41, 5.74) is 3.66. The van der Waals surface area contributed by atoms with Gasteiger partial charge in [0.05, 0.1) is 4.90 Å². The summed E-state index contributed by atoms with van der Waals surface area (Å²) in [6.45, 7) is 1.16. The van der Waals surface area contributed by atoms with Crippen LogP contribution in [0.4, 0.5) is 10.5 Å². The van der Waals surface area contributed by atoms with Crippen molar-refractivity contribution in [2.45, 2.75) is 24.4 Å². The Morgan fingerprint density at radius 2 is 1.60 bits per heavy atom. The SMILES string of the molecule is O=C(NCc1ccccc1)Nc1ccc2c(c1)CN(S(=O)(=O)c1ccccc1)CC2. The van der Waals surface area contributed by atoms with E-state index in [4.69, 9.17) is 0 Å². The predicted molar refractivity (Wildman–Crippen MR) is 116 cm³/mol. The first-order valence-corrected chi connectivity index (χ1v) is 11.2. The van der Waals surface area contributed by atoms with Crippen molar-refractivity contribution in [3.05, 3.63) is 95.6 Å². The highest BCUT2D eigenvalue weighted by Crippen LogP contribution is 2.27. The van der Waals surface area contributed by atoms with Crippen molar-refractivity contribution in [3.63, 3.8) is 0 Å². The number of anilines is 1. The highest BCUT2D eigenvalue weighted by atomic mass is 32.2. The summed E-state index contributed by atoms with van der Waals surface area (Å²) in [6.07, 6.45) is 0.641. The third-order valence-electron chi connectivity index (χ3n) is 5.12. The number of fused-ring (bicyclic) bond motifs is 1. The maximum Gasteiger partial charge on any atom is 0.319 e. The van der Waals surface area contributed by atoms with E-state index >= 15 is 0 Å². The fourth-order valence-corrected chi connectivity index (χ4v) is 4.95. The molecule has 0 bridgehead atoms. The van der Waals surface area contributed by atoms with Gasteiger partial charge >= 0.3 is 6.03 Å². The molecule has 0 radical (unpaired) electrons. The Morgan fingerprint density at radius 1 is 0.900 bits per heavy atom. The molecule has 0 spiro atoms. The Kier molecular flexibility index (Phi) is 5.83. The highest BCUT2D eigenvalue weighted by molar-refractivity contribution is 7.89. The normalized spacial score (nSPS) is 14.0. The van der Waals surface area contributed by atoms with Crippen molar-refractivity contribution >= 4 is 21.7 Å². The summed E-state index contributed by atoms with van der Waals surface area (Å²) in [7, 11) is -3.55. The van der Waals surface area contributed by atoms with Gasteiger partial charge in [-0.15, -0.1) is 0 Å². The van der Waals surface area contributed by atoms with Gasteiger partial charge < -0.3 is 10.6 Å². The quantitative estimate of drug-likeness (QED) is 0.659. The highest BCUT2D eigenvalue weighted by Gasteiger charge is 2.28. The van der Waals surface area contributed by atoms with Crippen LogP contribution in [0.15, 0.2) is 83.8 Å². The molecule has 1 heterocycles. The Morgan fingerprint density at radius 3 is 2.33 bits per heavy atom. The molecule has 0 saturated carbocycles. The number of carbonyl (C=O) groups excluding carboxylic acids is 1. The van der Waals surface area contributed by atoms with Crippen LogP contribution in [0.1, 0.15) is 16.7 Å². The van der Waals surface area contributed by atoms with E-state index in [2.05, 4.69) is 10.6 Å². The Hall–Kier alpha value is -3.16. The number of nitrogens with one attached hydrogen (secondary N) is 2. The number of rotatable bonds is 5. The molecule has 3 aromatic carbocycles. The number of hydrogen-bond donors (Lipinski definition) is 2. The number of carbonyl (C=O) groups is 1. The fourth-order valence-electron chi connectivity index (χ4n) is 3.51. The van der Waals surface area contributed by atoms with Gasteiger partial charge in [0.25, 0.3) is 0 Å². The van der Waals surface area contributed by atoms with Gasteiger partial charge in [-0.1, -0.05) is 54.6 Å². The molecule has 0 aromatic heterocycles. The van der Waals surface area contributed by atoms with Crippen molar-refractivity contribution in [3.8, 4) is 0 Å². The first kappa shape index (κ1) is 20.1. The van der Waals surface area contributed by atoms with E-state index in [1.54, 1.807) is 30.3 Å². The van der Waals surface area contributed by atoms with Crippen molar-refractivity contribution < 1.29 is 13.2 Å². The number of hydrogen-bond acceptors (Lipinski definition) is 3. The van der Waals surface area contributed by atoms with Crippen LogP contribution in [0.25, 0.3) is 0 Å². The van der Waals surface area contributed by atoms with Crippen molar-refractivity contribution in [1.82, 2.24) is 9.62 Å². The van der Waals surface area contributed by atoms with E-state index in [1.807, 2.05) is 48.5 Å². The largest absolute Gasteiger partial charge is 0.334 e. The third-order valence-corrected chi connectivity index (χ3v) is 6.98. The van der Waals surface area contributed by atoms with Gasteiger partial charge in [-0.25, -0.2) is 13.2 Å². The molecule has 0 aliphatic carbocycles. The molecular formula is C23H23N3O3S. The average molecular weight is 422 g/mol. The smallest absolute Gasteiger partial charge is 0.319 e. The van der Waals surface area contributed by atoms with Gasteiger partial charge in [0.15, 0.2) is 0 Å². The number of benzene rings is 3. The fraction of sp³-hybridized carbons (Fsp3) is 0.174. The Balaban J connectivity index is 1.43. The number of urea groups is 1. The molecule has 3 aromatic rings. The van der Waals surface area contributed by atoms with Crippen LogP contribution in [0, 0.1) is 0 Å². The summed E-state index contributed by atoms with van der Waals surface area (Å²) >= 11 is 0. The lowest BCUT2D eigenvalue weighted by molar-refractivity contribution is 0.251. The monoisotopic (exact) mass is 421 g/mol. The predicted octanol–water partition coefficient (Wildman–Crippen LogP) is 3.76. The topological polar surface area (TPSA) is 78.5 Å². The number of amides is 2. The molecular weight excluding hydrogens is 398 g/mol. The zero-order valence-electron chi connectivity index (χ0n) is 16.4. The molecule has 6 nitrogen and oxygen atoms in total. The minimum atomic E-state index is -3.55. The van der Waals surface area contributed by atoms with Crippen molar-refractivity contribution in [2.75, 3.05) is 11.9 Å². The molecule has 4 rings (SSSR count). The van der Waals surface area contributed by atoms with Crippen LogP contribution in [0.5, 0.6) is 0 Å². The summed E-state index contributed by atoms with van der Waals surface area (Å²) in [5.74, 6) is 0. The van der Waals surface area contributed by atoms with E-state index < -0.39 is 10.0 Å². The standard InChI is InChI=1S/C23H23N3O3S/c27-23(24-16-18-7-3-1-4-8-18)25-21-12-11-19-13-14-26(17-20(19)15-21)30(28,29)22-9-5-2-6-10-22/h1-12,15H,13-14,16-17H2,(H2,24,25,27). The molecule has 0 fully saturated rings. The van der Waals surface area contributed by atoms with E-state index in [0.717, 1.165) is 16.7 Å². The van der Waals surface area contributed by atoms with Gasteiger partial charge in [0.1, 0.15) is 0 Å². The van der Waals surface area contributed by atoms with Crippen LogP contribution < -0.4 is 10.6 Å². The summed E-state index contributed by atoms with van der Waals surface area (Å²) in [6, 6.07) is 23.5. The van der Waals surface area contributed by atoms with E-state index in [9.17, 15) is 13.2 Å². The van der Waals surface area contributed by atoms with Crippen LogP contribution in [0.2, 0.25) is 0 Å². The third kappa shape index (κ3) is 4.53. The molecule has 1 aliphatic rings. The molecule has 0 saturated heterocycles. The first-order chi connectivity index (χ1) is 14.5. The maximum atomic E-state index is 12.9. The van der Waals surface area contributed by atoms with Gasteiger partial charge in [0, 0.05) is 25.3 Å². The Bertz CT molecular complexity index is 1130. The molecule has 154 valence electrons. The summed E-state index contributed by atoms with van der Waals surface area (Å²) in [4.78, 5) is 12.5. The summed E-state index contributed by atoms with van der Waals surface area (Å²) in [5, 5.41) is 5.66. The van der Waals surface area contributed by atoms with Crippen LogP contribution in [-0.4, -0.2) is 25.3 Å². The van der Waals surface area contributed by atoms with E-state index in [-0.39, 0.29) is 12.6 Å². The maximum absolute atomic E-state index is 12.9. The lowest BCUT2D eigenvalue weighted by Gasteiger charge is -2.28. The second-order valence-electron chi connectivity index (χ2n) is 7.18. The van der Waals surface area contributed by atoms with E-state index in [1.165, 1.54) is 4.31 Å². The minimum Gasteiger partial charge on any atom is -0.334 e. The van der Waals surface area contributed by atoms with Crippen molar-refractivity contribution in [1.29, 1.82) is 0 Å². The molecule has 2 amide bonds. The molecule has 1 aliphatic heterocycles. The lowest BCUT2D eigenvalue weighted by Crippen LogP contribution is -2.36.